The summed E-state index contributed by atoms with van der Waals surface area (Å²) in [6.07, 6.45) is -2.63. The lowest BCUT2D eigenvalue weighted by Gasteiger charge is -2.35. The number of carbonyl (C=O) groups excluding carboxylic acids is 2. The van der Waals surface area contributed by atoms with Crippen molar-refractivity contribution in [2.75, 3.05) is 44.6 Å². The van der Waals surface area contributed by atoms with Gasteiger partial charge in [-0.3, -0.25) is 9.69 Å². The molecule has 0 aromatic heterocycles. The molecule has 0 aliphatic carbocycles. The van der Waals surface area contributed by atoms with Crippen molar-refractivity contribution in [3.05, 3.63) is 28.8 Å². The molecule has 31 heavy (non-hydrogen) atoms. The number of nitrogens with zero attached hydrogens (tertiary/aromatic N) is 2. The largest absolute Gasteiger partial charge is 0.417 e. The quantitative estimate of drug-likeness (QED) is 0.705. The van der Waals surface area contributed by atoms with Crippen molar-refractivity contribution in [1.29, 1.82) is 0 Å². The predicted octanol–water partition coefficient (Wildman–Crippen LogP) is 3.19. The second kappa shape index (κ2) is 10.1. The van der Waals surface area contributed by atoms with E-state index in [1.807, 2.05) is 11.8 Å². The van der Waals surface area contributed by atoms with Crippen molar-refractivity contribution in [1.82, 2.24) is 15.1 Å². The number of amides is 3. The Morgan fingerprint density at radius 2 is 1.97 bits per heavy atom. The fourth-order valence-electron chi connectivity index (χ4n) is 3.71. The molecule has 1 aromatic carbocycles. The molecule has 0 radical (unpaired) electrons. The number of urea groups is 1. The number of alkyl halides is 3. The first-order valence-electron chi connectivity index (χ1n) is 10.2. The molecular formula is C20H26ClF3N4O3. The van der Waals surface area contributed by atoms with Crippen LogP contribution in [0.15, 0.2) is 18.2 Å². The third-order valence-corrected chi connectivity index (χ3v) is 5.79. The molecule has 0 spiro atoms. The van der Waals surface area contributed by atoms with Crippen LogP contribution in [0.2, 0.25) is 5.02 Å². The first-order valence-corrected chi connectivity index (χ1v) is 10.6. The van der Waals surface area contributed by atoms with Gasteiger partial charge in [0.15, 0.2) is 0 Å². The average molecular weight is 463 g/mol. The fraction of sp³-hybridized carbons (Fsp3) is 0.600. The van der Waals surface area contributed by atoms with Crippen LogP contribution in [-0.2, 0) is 15.7 Å². The number of piperazine rings is 1. The van der Waals surface area contributed by atoms with Gasteiger partial charge in [0.2, 0.25) is 5.91 Å². The molecule has 2 aliphatic rings. The van der Waals surface area contributed by atoms with Gasteiger partial charge in [-0.05, 0) is 38.0 Å². The molecule has 3 rings (SSSR count). The van der Waals surface area contributed by atoms with Gasteiger partial charge in [-0.15, -0.1) is 0 Å². The van der Waals surface area contributed by atoms with E-state index in [4.69, 9.17) is 16.3 Å². The van der Waals surface area contributed by atoms with Crippen molar-refractivity contribution in [2.45, 2.75) is 38.1 Å². The first-order chi connectivity index (χ1) is 14.6. The lowest BCUT2D eigenvalue weighted by atomic mass is 10.1. The number of anilines is 1. The summed E-state index contributed by atoms with van der Waals surface area (Å²) in [5, 5.41) is 5.02. The minimum Gasteiger partial charge on any atom is -0.376 e. The summed E-state index contributed by atoms with van der Waals surface area (Å²) < 4.78 is 44.5. The molecule has 0 saturated carbocycles. The highest BCUT2D eigenvalue weighted by atomic mass is 35.5. The highest BCUT2D eigenvalue weighted by Crippen LogP contribution is 2.36. The summed E-state index contributed by atoms with van der Waals surface area (Å²) in [5.41, 5.74) is -0.966. The lowest BCUT2D eigenvalue weighted by molar-refractivity contribution is -0.137. The maximum Gasteiger partial charge on any atom is 0.417 e. The summed E-state index contributed by atoms with van der Waals surface area (Å²) in [6.45, 7) is 4.56. The number of ether oxygens (including phenoxy) is 1. The normalized spacial score (nSPS) is 21.1. The molecule has 7 nitrogen and oxygen atoms in total. The number of carbonyl (C=O) groups is 2. The van der Waals surface area contributed by atoms with Gasteiger partial charge in [-0.1, -0.05) is 11.6 Å². The third kappa shape index (κ3) is 6.47. The van der Waals surface area contributed by atoms with Crippen LogP contribution in [0.3, 0.4) is 0 Å². The van der Waals surface area contributed by atoms with E-state index in [1.165, 1.54) is 6.07 Å². The molecule has 2 fully saturated rings. The molecule has 0 bridgehead atoms. The Balaban J connectivity index is 1.44. The molecule has 11 heteroatoms. The summed E-state index contributed by atoms with van der Waals surface area (Å²) >= 11 is 5.60. The van der Waals surface area contributed by atoms with Crippen LogP contribution < -0.4 is 10.6 Å². The minimum atomic E-state index is -4.60. The Labute approximate surface area is 183 Å². The topological polar surface area (TPSA) is 73.9 Å². The summed E-state index contributed by atoms with van der Waals surface area (Å²) in [4.78, 5) is 28.2. The minimum absolute atomic E-state index is 0.0196. The van der Waals surface area contributed by atoms with Crippen LogP contribution in [0.5, 0.6) is 0 Å². The third-order valence-electron chi connectivity index (χ3n) is 5.46. The SMILES string of the molecule is CC(NC(=O)N1CCN(CC(=O)Nc2ccc(Cl)c(C(F)(F)F)c2)CC1)C1CCCO1. The fourth-order valence-corrected chi connectivity index (χ4v) is 3.93. The van der Waals surface area contributed by atoms with Crippen LogP contribution >= 0.6 is 11.6 Å². The van der Waals surface area contributed by atoms with E-state index >= 15 is 0 Å². The zero-order valence-corrected chi connectivity index (χ0v) is 17.9. The molecule has 2 heterocycles. The van der Waals surface area contributed by atoms with Crippen molar-refractivity contribution >= 4 is 29.2 Å². The first kappa shape index (κ1) is 23.6. The molecule has 172 valence electrons. The maximum absolute atomic E-state index is 13.0. The Morgan fingerprint density at radius 1 is 1.26 bits per heavy atom. The number of hydrogen-bond donors (Lipinski definition) is 2. The Bertz CT molecular complexity index is 794. The summed E-state index contributed by atoms with van der Waals surface area (Å²) in [7, 11) is 0. The van der Waals surface area contributed by atoms with Crippen molar-refractivity contribution in [3.63, 3.8) is 0 Å². The Hall–Kier alpha value is -2.04. The summed E-state index contributed by atoms with van der Waals surface area (Å²) in [5.74, 6) is -0.430. The molecule has 1 aromatic rings. The number of nitrogens with one attached hydrogen (secondary N) is 2. The van der Waals surface area contributed by atoms with Crippen LogP contribution in [0.4, 0.5) is 23.7 Å². The lowest BCUT2D eigenvalue weighted by Crippen LogP contribution is -2.55. The van der Waals surface area contributed by atoms with Gasteiger partial charge in [0.1, 0.15) is 0 Å². The molecule has 2 saturated heterocycles. The predicted molar refractivity (Wildman–Crippen MR) is 110 cm³/mol. The average Bonchev–Trinajstić information content (AvgIpc) is 3.24. The zero-order chi connectivity index (χ0) is 22.6. The van der Waals surface area contributed by atoms with Crippen LogP contribution in [0.25, 0.3) is 0 Å². The van der Waals surface area contributed by atoms with Crippen molar-refractivity contribution in [2.24, 2.45) is 0 Å². The van der Waals surface area contributed by atoms with E-state index in [9.17, 15) is 22.8 Å². The second-order valence-electron chi connectivity index (χ2n) is 7.79. The smallest absolute Gasteiger partial charge is 0.376 e. The molecule has 2 aliphatic heterocycles. The number of rotatable bonds is 5. The standard InChI is InChI=1S/C20H26ClF3N4O3/c1-13(17-3-2-10-31-17)25-19(30)28-8-6-27(7-9-28)12-18(29)26-14-4-5-16(21)15(11-14)20(22,23)24/h4-5,11,13,17H,2-3,6-10,12H2,1H3,(H,25,30)(H,26,29). The van der Waals surface area contributed by atoms with E-state index in [2.05, 4.69) is 10.6 Å². The van der Waals surface area contributed by atoms with Gasteiger partial charge in [-0.25, -0.2) is 4.79 Å². The summed E-state index contributed by atoms with van der Waals surface area (Å²) in [6, 6.07) is 3.02. The van der Waals surface area contributed by atoms with Gasteiger partial charge in [-0.2, -0.15) is 13.2 Å². The Morgan fingerprint density at radius 3 is 2.58 bits per heavy atom. The Kier molecular flexibility index (Phi) is 7.66. The van der Waals surface area contributed by atoms with Crippen molar-refractivity contribution in [3.8, 4) is 0 Å². The van der Waals surface area contributed by atoms with Gasteiger partial charge in [0, 0.05) is 38.5 Å². The van der Waals surface area contributed by atoms with E-state index in [-0.39, 0.29) is 30.4 Å². The second-order valence-corrected chi connectivity index (χ2v) is 8.20. The van der Waals surface area contributed by atoms with Gasteiger partial charge < -0.3 is 20.3 Å². The van der Waals surface area contributed by atoms with E-state index < -0.39 is 22.7 Å². The molecule has 2 unspecified atom stereocenters. The van der Waals surface area contributed by atoms with E-state index in [0.29, 0.717) is 26.2 Å². The monoisotopic (exact) mass is 462 g/mol. The van der Waals surface area contributed by atoms with E-state index in [0.717, 1.165) is 31.6 Å². The highest BCUT2D eigenvalue weighted by molar-refractivity contribution is 6.31. The molecule has 2 atom stereocenters. The van der Waals surface area contributed by atoms with Crippen LogP contribution in [0, 0.1) is 0 Å². The zero-order valence-electron chi connectivity index (χ0n) is 17.2. The number of hydrogen-bond acceptors (Lipinski definition) is 4. The molecule has 2 N–H and O–H groups in total. The highest BCUT2D eigenvalue weighted by Gasteiger charge is 2.33. The van der Waals surface area contributed by atoms with Gasteiger partial charge in [0.05, 0.1) is 29.3 Å². The van der Waals surface area contributed by atoms with Gasteiger partial charge in [0.25, 0.3) is 0 Å². The van der Waals surface area contributed by atoms with E-state index in [1.54, 1.807) is 4.90 Å². The van der Waals surface area contributed by atoms with Crippen LogP contribution in [0.1, 0.15) is 25.3 Å². The molecular weight excluding hydrogens is 437 g/mol. The number of halogens is 4. The van der Waals surface area contributed by atoms with Crippen molar-refractivity contribution < 1.29 is 27.5 Å². The van der Waals surface area contributed by atoms with Crippen LogP contribution in [-0.4, -0.2) is 73.2 Å². The maximum atomic E-state index is 13.0. The molecule has 3 amide bonds. The number of benzene rings is 1. The van der Waals surface area contributed by atoms with Gasteiger partial charge >= 0.3 is 12.2 Å².